The van der Waals surface area contributed by atoms with Crippen LogP contribution in [0.3, 0.4) is 0 Å². The van der Waals surface area contributed by atoms with Crippen molar-refractivity contribution in [2.75, 3.05) is 19.6 Å². The standard InChI is InChI=1S/C19H26N2O4/c1-19(2,18(24)25)13-20-17(23)15-9-6-10-21(12-15)16(22)11-14-7-4-3-5-8-14/h3-5,7-8,15H,6,9-13H2,1-2H3,(H,20,23)(H,24,25). The molecule has 25 heavy (non-hydrogen) atoms. The van der Waals surface area contributed by atoms with E-state index in [2.05, 4.69) is 5.32 Å². The summed E-state index contributed by atoms with van der Waals surface area (Å²) in [6.45, 7) is 4.29. The lowest BCUT2D eigenvalue weighted by Gasteiger charge is -2.32. The number of carbonyl (C=O) groups excluding carboxylic acids is 2. The molecule has 1 aliphatic rings. The highest BCUT2D eigenvalue weighted by Crippen LogP contribution is 2.19. The minimum Gasteiger partial charge on any atom is -0.481 e. The number of carboxylic acid groups (broad SMARTS) is 1. The highest BCUT2D eigenvalue weighted by atomic mass is 16.4. The highest BCUT2D eigenvalue weighted by Gasteiger charge is 2.31. The second kappa shape index (κ2) is 8.14. The van der Waals surface area contributed by atoms with E-state index < -0.39 is 11.4 Å². The van der Waals surface area contributed by atoms with Crippen LogP contribution in [0.4, 0.5) is 0 Å². The number of carbonyl (C=O) groups is 3. The summed E-state index contributed by atoms with van der Waals surface area (Å²) >= 11 is 0. The third-order valence-corrected chi connectivity index (χ3v) is 4.63. The molecule has 1 aromatic carbocycles. The second-order valence-electron chi connectivity index (χ2n) is 7.25. The molecular weight excluding hydrogens is 320 g/mol. The number of hydrogen-bond acceptors (Lipinski definition) is 3. The summed E-state index contributed by atoms with van der Waals surface area (Å²) in [6, 6.07) is 9.55. The average molecular weight is 346 g/mol. The first kappa shape index (κ1) is 19.0. The summed E-state index contributed by atoms with van der Waals surface area (Å²) in [4.78, 5) is 37.7. The van der Waals surface area contributed by atoms with Crippen molar-refractivity contribution in [2.45, 2.75) is 33.1 Å². The Kier molecular flexibility index (Phi) is 6.17. The van der Waals surface area contributed by atoms with Crippen molar-refractivity contribution in [3.8, 4) is 0 Å². The zero-order valence-corrected chi connectivity index (χ0v) is 14.8. The molecule has 2 amide bonds. The summed E-state index contributed by atoms with van der Waals surface area (Å²) in [7, 11) is 0. The fourth-order valence-corrected chi connectivity index (χ4v) is 2.83. The molecule has 0 aromatic heterocycles. The lowest BCUT2D eigenvalue weighted by Crippen LogP contribution is -2.48. The Morgan fingerprint density at radius 2 is 1.92 bits per heavy atom. The lowest BCUT2D eigenvalue weighted by molar-refractivity contribution is -0.146. The summed E-state index contributed by atoms with van der Waals surface area (Å²) in [6.07, 6.45) is 1.83. The molecule has 1 fully saturated rings. The quantitative estimate of drug-likeness (QED) is 0.821. The third-order valence-electron chi connectivity index (χ3n) is 4.63. The number of carboxylic acids is 1. The molecular formula is C19H26N2O4. The van der Waals surface area contributed by atoms with Crippen molar-refractivity contribution in [1.29, 1.82) is 0 Å². The summed E-state index contributed by atoms with van der Waals surface area (Å²) in [5.41, 5.74) is -0.0464. The normalized spacial score (nSPS) is 17.8. The molecule has 1 heterocycles. The summed E-state index contributed by atoms with van der Waals surface area (Å²) in [5, 5.41) is 11.8. The number of aliphatic carboxylic acids is 1. The van der Waals surface area contributed by atoms with Gasteiger partial charge in [0.2, 0.25) is 11.8 Å². The Labute approximate surface area is 148 Å². The number of nitrogens with one attached hydrogen (secondary N) is 1. The van der Waals surface area contributed by atoms with Gasteiger partial charge in [-0.05, 0) is 32.3 Å². The molecule has 0 radical (unpaired) electrons. The van der Waals surface area contributed by atoms with E-state index in [1.165, 1.54) is 0 Å². The number of nitrogens with zero attached hydrogens (tertiary/aromatic N) is 1. The number of rotatable bonds is 6. The number of benzene rings is 1. The van der Waals surface area contributed by atoms with Gasteiger partial charge in [0.25, 0.3) is 0 Å². The van der Waals surface area contributed by atoms with E-state index >= 15 is 0 Å². The van der Waals surface area contributed by atoms with E-state index in [9.17, 15) is 14.4 Å². The zero-order valence-electron chi connectivity index (χ0n) is 14.8. The van der Waals surface area contributed by atoms with Crippen LogP contribution < -0.4 is 5.32 Å². The Balaban J connectivity index is 1.88. The summed E-state index contributed by atoms with van der Waals surface area (Å²) < 4.78 is 0. The average Bonchev–Trinajstić information content (AvgIpc) is 2.60. The van der Waals surface area contributed by atoms with Gasteiger partial charge in [-0.2, -0.15) is 0 Å². The van der Waals surface area contributed by atoms with Gasteiger partial charge in [0, 0.05) is 19.6 Å². The lowest BCUT2D eigenvalue weighted by atomic mass is 9.92. The largest absolute Gasteiger partial charge is 0.481 e. The smallest absolute Gasteiger partial charge is 0.310 e. The van der Waals surface area contributed by atoms with Gasteiger partial charge in [0.1, 0.15) is 0 Å². The van der Waals surface area contributed by atoms with Gasteiger partial charge in [-0.3, -0.25) is 14.4 Å². The van der Waals surface area contributed by atoms with Crippen LogP contribution in [-0.2, 0) is 20.8 Å². The SMILES string of the molecule is CC(C)(CNC(=O)C1CCCN(C(=O)Cc2ccccc2)C1)C(=O)O. The fraction of sp³-hybridized carbons (Fsp3) is 0.526. The topological polar surface area (TPSA) is 86.7 Å². The molecule has 0 aliphatic carbocycles. The monoisotopic (exact) mass is 346 g/mol. The van der Waals surface area contributed by atoms with Crippen LogP contribution in [0.1, 0.15) is 32.3 Å². The van der Waals surface area contributed by atoms with Crippen LogP contribution in [0.15, 0.2) is 30.3 Å². The fourth-order valence-electron chi connectivity index (χ4n) is 2.83. The number of likely N-dealkylation sites (tertiary alicyclic amines) is 1. The first-order chi connectivity index (χ1) is 11.8. The van der Waals surface area contributed by atoms with Gasteiger partial charge in [-0.1, -0.05) is 30.3 Å². The Morgan fingerprint density at radius 1 is 1.24 bits per heavy atom. The first-order valence-corrected chi connectivity index (χ1v) is 8.62. The van der Waals surface area contributed by atoms with E-state index in [1.807, 2.05) is 30.3 Å². The van der Waals surface area contributed by atoms with Crippen LogP contribution >= 0.6 is 0 Å². The molecule has 0 bridgehead atoms. The van der Waals surface area contributed by atoms with Crippen molar-refractivity contribution in [3.05, 3.63) is 35.9 Å². The predicted molar refractivity (Wildman–Crippen MR) is 93.9 cm³/mol. The zero-order chi connectivity index (χ0) is 18.4. The molecule has 0 spiro atoms. The molecule has 2 N–H and O–H groups in total. The molecule has 136 valence electrons. The van der Waals surface area contributed by atoms with Crippen LogP contribution in [-0.4, -0.2) is 47.4 Å². The van der Waals surface area contributed by atoms with Crippen molar-refractivity contribution in [3.63, 3.8) is 0 Å². The second-order valence-corrected chi connectivity index (χ2v) is 7.25. The minimum atomic E-state index is -1.01. The van der Waals surface area contributed by atoms with Gasteiger partial charge in [-0.25, -0.2) is 0 Å². The molecule has 1 atom stereocenters. The maximum absolute atomic E-state index is 12.5. The maximum Gasteiger partial charge on any atom is 0.310 e. The van der Waals surface area contributed by atoms with Crippen LogP contribution in [0, 0.1) is 11.3 Å². The Bertz CT molecular complexity index is 628. The first-order valence-electron chi connectivity index (χ1n) is 8.62. The molecule has 2 rings (SSSR count). The number of hydrogen-bond donors (Lipinski definition) is 2. The van der Waals surface area contributed by atoms with Crippen LogP contribution in [0.5, 0.6) is 0 Å². The van der Waals surface area contributed by atoms with E-state index in [1.54, 1.807) is 18.7 Å². The van der Waals surface area contributed by atoms with E-state index in [0.29, 0.717) is 25.9 Å². The molecule has 1 unspecified atom stereocenters. The van der Waals surface area contributed by atoms with Crippen LogP contribution in [0.25, 0.3) is 0 Å². The van der Waals surface area contributed by atoms with Crippen molar-refractivity contribution in [1.82, 2.24) is 10.2 Å². The van der Waals surface area contributed by atoms with E-state index in [0.717, 1.165) is 12.0 Å². The molecule has 1 aromatic rings. The van der Waals surface area contributed by atoms with Gasteiger partial charge in [0.15, 0.2) is 0 Å². The summed E-state index contributed by atoms with van der Waals surface area (Å²) in [5.74, 6) is -1.38. The van der Waals surface area contributed by atoms with Gasteiger partial charge < -0.3 is 15.3 Å². The highest BCUT2D eigenvalue weighted by molar-refractivity contribution is 5.83. The Hall–Kier alpha value is -2.37. The predicted octanol–water partition coefficient (Wildman–Crippen LogP) is 1.69. The maximum atomic E-state index is 12.5. The van der Waals surface area contributed by atoms with Crippen molar-refractivity contribution >= 4 is 17.8 Å². The molecule has 6 heteroatoms. The number of amides is 2. The molecule has 1 aliphatic heterocycles. The van der Waals surface area contributed by atoms with E-state index in [-0.39, 0.29) is 24.3 Å². The van der Waals surface area contributed by atoms with E-state index in [4.69, 9.17) is 5.11 Å². The van der Waals surface area contributed by atoms with Gasteiger partial charge in [-0.15, -0.1) is 0 Å². The third kappa shape index (κ3) is 5.31. The Morgan fingerprint density at radius 3 is 2.56 bits per heavy atom. The minimum absolute atomic E-state index is 0.0227. The number of piperidine rings is 1. The van der Waals surface area contributed by atoms with Crippen molar-refractivity contribution in [2.24, 2.45) is 11.3 Å². The van der Waals surface area contributed by atoms with Crippen LogP contribution in [0.2, 0.25) is 0 Å². The van der Waals surface area contributed by atoms with Gasteiger partial charge >= 0.3 is 5.97 Å². The van der Waals surface area contributed by atoms with Gasteiger partial charge in [0.05, 0.1) is 17.8 Å². The molecule has 6 nitrogen and oxygen atoms in total. The molecule has 0 saturated carbocycles. The molecule has 1 saturated heterocycles. The van der Waals surface area contributed by atoms with Crippen molar-refractivity contribution < 1.29 is 19.5 Å².